The van der Waals surface area contributed by atoms with E-state index in [0.717, 1.165) is 5.56 Å². The Labute approximate surface area is 174 Å². The van der Waals surface area contributed by atoms with E-state index in [-0.39, 0.29) is 6.03 Å². The molecule has 3 aromatic rings. The molecule has 0 aliphatic rings. The molecule has 0 aliphatic carbocycles. The van der Waals surface area contributed by atoms with Crippen LogP contribution in [0.4, 0.5) is 4.79 Å². The molecule has 8 heteroatoms. The van der Waals surface area contributed by atoms with Crippen molar-refractivity contribution < 1.29 is 14.3 Å². The highest BCUT2D eigenvalue weighted by Gasteiger charge is 2.21. The summed E-state index contributed by atoms with van der Waals surface area (Å²) < 4.78 is 12.8. The number of benzene rings is 2. The minimum absolute atomic E-state index is 0.319. The summed E-state index contributed by atoms with van der Waals surface area (Å²) in [5.41, 5.74) is 0.867. The van der Waals surface area contributed by atoms with Crippen LogP contribution in [0.15, 0.2) is 60.9 Å². The van der Waals surface area contributed by atoms with Gasteiger partial charge in [0.15, 0.2) is 0 Å². The summed E-state index contributed by atoms with van der Waals surface area (Å²) >= 11 is 5.85. The van der Waals surface area contributed by atoms with E-state index in [1.807, 2.05) is 42.1 Å². The second kappa shape index (κ2) is 9.84. The molecule has 29 heavy (non-hydrogen) atoms. The van der Waals surface area contributed by atoms with Crippen LogP contribution in [0.25, 0.3) is 0 Å². The Morgan fingerprint density at radius 2 is 2.00 bits per heavy atom. The monoisotopic (exact) mass is 414 g/mol. The van der Waals surface area contributed by atoms with Crippen molar-refractivity contribution >= 4 is 17.6 Å². The van der Waals surface area contributed by atoms with Crippen LogP contribution >= 0.6 is 11.6 Å². The third-order valence-electron chi connectivity index (χ3n) is 4.29. The Hall–Kier alpha value is -3.19. The van der Waals surface area contributed by atoms with Crippen molar-refractivity contribution in [2.24, 2.45) is 7.05 Å². The first kappa shape index (κ1) is 20.5. The lowest BCUT2D eigenvalue weighted by Gasteiger charge is -2.20. The van der Waals surface area contributed by atoms with Crippen LogP contribution in [0.3, 0.4) is 0 Å². The molecule has 2 N–H and O–H groups in total. The summed E-state index contributed by atoms with van der Waals surface area (Å²) in [5, 5.41) is 6.42. The van der Waals surface area contributed by atoms with Gasteiger partial charge in [-0.25, -0.2) is 9.78 Å². The molecule has 0 unspecified atom stereocenters. The highest BCUT2D eigenvalue weighted by molar-refractivity contribution is 6.30. The van der Waals surface area contributed by atoms with Gasteiger partial charge in [0.2, 0.25) is 0 Å². The molecule has 152 valence electrons. The van der Waals surface area contributed by atoms with Crippen LogP contribution in [0.1, 0.15) is 17.4 Å². The molecule has 0 bridgehead atoms. The molecule has 0 saturated heterocycles. The SMILES string of the molecule is COc1cccc([C@@H](NC(=O)NCCOc2ccc(Cl)cc2)c2nccn2C)c1. The van der Waals surface area contributed by atoms with Crippen molar-refractivity contribution in [3.8, 4) is 11.5 Å². The zero-order chi connectivity index (χ0) is 20.6. The minimum atomic E-state index is -0.428. The average molecular weight is 415 g/mol. The van der Waals surface area contributed by atoms with Crippen molar-refractivity contribution in [1.29, 1.82) is 0 Å². The third-order valence-corrected chi connectivity index (χ3v) is 4.54. The first-order chi connectivity index (χ1) is 14.1. The van der Waals surface area contributed by atoms with Crippen molar-refractivity contribution in [2.75, 3.05) is 20.3 Å². The van der Waals surface area contributed by atoms with Gasteiger partial charge in [0.05, 0.1) is 13.7 Å². The van der Waals surface area contributed by atoms with Crippen LogP contribution < -0.4 is 20.1 Å². The molecule has 1 aromatic heterocycles. The fourth-order valence-corrected chi connectivity index (χ4v) is 2.95. The first-order valence-corrected chi connectivity index (χ1v) is 9.48. The molecule has 0 aliphatic heterocycles. The Balaban J connectivity index is 1.60. The third kappa shape index (κ3) is 5.65. The Kier molecular flexibility index (Phi) is 6.97. The average Bonchev–Trinajstić information content (AvgIpc) is 3.16. The number of methoxy groups -OCH3 is 1. The summed E-state index contributed by atoms with van der Waals surface area (Å²) in [7, 11) is 3.49. The van der Waals surface area contributed by atoms with Crippen LogP contribution in [-0.2, 0) is 7.05 Å². The molecule has 7 nitrogen and oxygen atoms in total. The standard InChI is InChI=1S/C21H23ClN4O3/c1-26-12-10-23-20(26)19(15-4-3-5-18(14-15)28-2)25-21(27)24-11-13-29-17-8-6-16(22)7-9-17/h3-10,12,14,19H,11,13H2,1-2H3,(H2,24,25,27)/t19-/m1/s1. The van der Waals surface area contributed by atoms with E-state index in [2.05, 4.69) is 15.6 Å². The number of imidazole rings is 1. The number of amides is 2. The Bertz CT molecular complexity index is 943. The molecule has 1 atom stereocenters. The van der Waals surface area contributed by atoms with E-state index in [9.17, 15) is 4.79 Å². The van der Waals surface area contributed by atoms with Crippen LogP contribution in [0, 0.1) is 0 Å². The summed E-state index contributed by atoms with van der Waals surface area (Å²) in [5.74, 6) is 2.12. The van der Waals surface area contributed by atoms with Crippen LogP contribution in [0.5, 0.6) is 11.5 Å². The van der Waals surface area contributed by atoms with Gasteiger partial charge in [0.25, 0.3) is 0 Å². The fraction of sp³-hybridized carbons (Fsp3) is 0.238. The highest BCUT2D eigenvalue weighted by atomic mass is 35.5. The van der Waals surface area contributed by atoms with E-state index >= 15 is 0 Å². The number of rotatable bonds is 8. The lowest BCUT2D eigenvalue weighted by Crippen LogP contribution is -2.40. The normalized spacial score (nSPS) is 11.6. The van der Waals surface area contributed by atoms with Gasteiger partial charge < -0.3 is 24.7 Å². The van der Waals surface area contributed by atoms with E-state index in [1.165, 1.54) is 0 Å². The molecule has 0 radical (unpaired) electrons. The van der Waals surface area contributed by atoms with Crippen LogP contribution in [-0.4, -0.2) is 35.8 Å². The van der Waals surface area contributed by atoms with Crippen molar-refractivity contribution in [1.82, 2.24) is 20.2 Å². The first-order valence-electron chi connectivity index (χ1n) is 9.10. The highest BCUT2D eigenvalue weighted by Crippen LogP contribution is 2.24. The molecule has 0 spiro atoms. The molecule has 3 rings (SSSR count). The molecule has 2 aromatic carbocycles. The lowest BCUT2D eigenvalue weighted by atomic mass is 10.1. The number of urea groups is 1. The molecule has 2 amide bonds. The van der Waals surface area contributed by atoms with Crippen molar-refractivity contribution in [3.05, 3.63) is 77.3 Å². The van der Waals surface area contributed by atoms with Gasteiger partial charge in [-0.1, -0.05) is 23.7 Å². The number of aryl methyl sites for hydroxylation is 1. The van der Waals surface area contributed by atoms with Gasteiger partial charge in [0.1, 0.15) is 30.0 Å². The number of aromatic nitrogens is 2. The van der Waals surface area contributed by atoms with E-state index in [1.54, 1.807) is 37.6 Å². The maximum Gasteiger partial charge on any atom is 0.315 e. The maximum absolute atomic E-state index is 12.5. The Morgan fingerprint density at radius 3 is 2.69 bits per heavy atom. The van der Waals surface area contributed by atoms with E-state index in [0.29, 0.717) is 35.5 Å². The molecular formula is C21H23ClN4O3. The van der Waals surface area contributed by atoms with Gasteiger partial charge in [-0.3, -0.25) is 0 Å². The second-order valence-electron chi connectivity index (χ2n) is 6.31. The quantitative estimate of drug-likeness (QED) is 0.552. The van der Waals surface area contributed by atoms with Gasteiger partial charge in [-0.05, 0) is 42.0 Å². The van der Waals surface area contributed by atoms with Crippen molar-refractivity contribution in [3.63, 3.8) is 0 Å². The predicted molar refractivity (Wildman–Crippen MR) is 112 cm³/mol. The van der Waals surface area contributed by atoms with Gasteiger partial charge in [-0.2, -0.15) is 0 Å². The number of nitrogens with one attached hydrogen (secondary N) is 2. The second-order valence-corrected chi connectivity index (χ2v) is 6.75. The molecule has 0 saturated carbocycles. The number of carbonyl (C=O) groups is 1. The summed E-state index contributed by atoms with van der Waals surface area (Å²) in [6.07, 6.45) is 3.53. The largest absolute Gasteiger partial charge is 0.497 e. The number of carbonyl (C=O) groups excluding carboxylic acids is 1. The molecule has 1 heterocycles. The number of ether oxygens (including phenoxy) is 2. The fourth-order valence-electron chi connectivity index (χ4n) is 2.82. The summed E-state index contributed by atoms with van der Waals surface area (Å²) in [6.45, 7) is 0.682. The smallest absolute Gasteiger partial charge is 0.315 e. The summed E-state index contributed by atoms with van der Waals surface area (Å²) in [4.78, 5) is 16.9. The topological polar surface area (TPSA) is 77.4 Å². The van der Waals surface area contributed by atoms with E-state index in [4.69, 9.17) is 21.1 Å². The number of hydrogen-bond donors (Lipinski definition) is 2. The summed E-state index contributed by atoms with van der Waals surface area (Å²) in [6, 6.07) is 13.9. The number of nitrogens with zero attached hydrogens (tertiary/aromatic N) is 2. The molecular weight excluding hydrogens is 392 g/mol. The van der Waals surface area contributed by atoms with Crippen LogP contribution in [0.2, 0.25) is 5.02 Å². The number of hydrogen-bond acceptors (Lipinski definition) is 4. The zero-order valence-corrected chi connectivity index (χ0v) is 17.0. The van der Waals surface area contributed by atoms with Crippen molar-refractivity contribution in [2.45, 2.75) is 6.04 Å². The predicted octanol–water partition coefficient (Wildman–Crippen LogP) is 3.55. The minimum Gasteiger partial charge on any atom is -0.497 e. The Morgan fingerprint density at radius 1 is 1.21 bits per heavy atom. The number of halogens is 1. The van der Waals surface area contributed by atoms with Gasteiger partial charge in [-0.15, -0.1) is 0 Å². The van der Waals surface area contributed by atoms with E-state index < -0.39 is 6.04 Å². The van der Waals surface area contributed by atoms with Gasteiger partial charge in [0, 0.05) is 24.5 Å². The lowest BCUT2D eigenvalue weighted by molar-refractivity contribution is 0.233. The van der Waals surface area contributed by atoms with Gasteiger partial charge >= 0.3 is 6.03 Å². The molecule has 0 fully saturated rings. The zero-order valence-electron chi connectivity index (χ0n) is 16.3. The maximum atomic E-state index is 12.5.